The Morgan fingerprint density at radius 2 is 1.45 bits per heavy atom. The number of thioether (sulfide) groups is 1. The Bertz CT molecular complexity index is 1390. The molecule has 4 aromatic rings. The van der Waals surface area contributed by atoms with Gasteiger partial charge >= 0.3 is 0 Å². The first-order valence-corrected chi connectivity index (χ1v) is 12.7. The third-order valence-electron chi connectivity index (χ3n) is 5.48. The number of ether oxygens (including phenoxy) is 1. The second-order valence-corrected chi connectivity index (χ2v) is 9.32. The lowest BCUT2D eigenvalue weighted by Crippen LogP contribution is -2.19. The van der Waals surface area contributed by atoms with Gasteiger partial charge in [-0.1, -0.05) is 30.3 Å². The van der Waals surface area contributed by atoms with Gasteiger partial charge in [0, 0.05) is 34.0 Å². The Hall–Kier alpha value is -4.63. The Balaban J connectivity index is 1.44. The SMILES string of the molecule is CCOc1ccc(NC(=O)C(Sc2ccc(NC(=O)c3ccc([N+](=O)[O-])cc3)cc2)c2ccccc2)cc1. The average molecular weight is 528 g/mol. The van der Waals surface area contributed by atoms with E-state index in [0.29, 0.717) is 23.5 Å². The molecule has 0 aromatic heterocycles. The lowest BCUT2D eigenvalue weighted by atomic mass is 10.1. The molecule has 0 fully saturated rings. The Morgan fingerprint density at radius 3 is 2.05 bits per heavy atom. The highest BCUT2D eigenvalue weighted by Gasteiger charge is 2.22. The molecule has 38 heavy (non-hydrogen) atoms. The summed E-state index contributed by atoms with van der Waals surface area (Å²) in [4.78, 5) is 37.0. The summed E-state index contributed by atoms with van der Waals surface area (Å²) in [7, 11) is 0. The van der Waals surface area contributed by atoms with Crippen LogP contribution in [0.5, 0.6) is 5.75 Å². The van der Waals surface area contributed by atoms with Crippen LogP contribution in [0, 0.1) is 10.1 Å². The second-order valence-electron chi connectivity index (χ2n) is 8.14. The minimum absolute atomic E-state index is 0.0811. The predicted octanol–water partition coefficient (Wildman–Crippen LogP) is 6.72. The van der Waals surface area contributed by atoms with E-state index in [1.807, 2.05) is 61.5 Å². The zero-order valence-corrected chi connectivity index (χ0v) is 21.3. The van der Waals surface area contributed by atoms with Gasteiger partial charge in [0.1, 0.15) is 11.0 Å². The van der Waals surface area contributed by atoms with E-state index in [1.54, 1.807) is 24.3 Å². The van der Waals surface area contributed by atoms with Crippen molar-refractivity contribution in [2.24, 2.45) is 0 Å². The number of nitrogens with zero attached hydrogens (tertiary/aromatic N) is 1. The van der Waals surface area contributed by atoms with Gasteiger partial charge in [0.2, 0.25) is 5.91 Å². The molecule has 0 aliphatic rings. The summed E-state index contributed by atoms with van der Waals surface area (Å²) in [6, 6.07) is 29.3. The average Bonchev–Trinajstić information content (AvgIpc) is 2.94. The van der Waals surface area contributed by atoms with Crippen molar-refractivity contribution in [3.63, 3.8) is 0 Å². The molecule has 2 amide bonds. The molecule has 0 spiro atoms. The highest BCUT2D eigenvalue weighted by molar-refractivity contribution is 8.00. The number of anilines is 2. The van der Waals surface area contributed by atoms with Gasteiger partial charge in [-0.05, 0) is 73.2 Å². The van der Waals surface area contributed by atoms with Crippen molar-refractivity contribution in [1.82, 2.24) is 0 Å². The first-order valence-electron chi connectivity index (χ1n) is 11.8. The molecular formula is C29H25N3O5S. The summed E-state index contributed by atoms with van der Waals surface area (Å²) < 4.78 is 5.47. The van der Waals surface area contributed by atoms with Crippen molar-refractivity contribution in [2.75, 3.05) is 17.2 Å². The number of carbonyl (C=O) groups excluding carboxylic acids is 2. The van der Waals surface area contributed by atoms with Crippen LogP contribution in [0.1, 0.15) is 28.1 Å². The lowest BCUT2D eigenvalue weighted by molar-refractivity contribution is -0.384. The molecule has 0 bridgehead atoms. The van der Waals surface area contributed by atoms with Gasteiger partial charge in [-0.3, -0.25) is 19.7 Å². The third kappa shape index (κ3) is 6.98. The van der Waals surface area contributed by atoms with Crippen LogP contribution in [0.15, 0.2) is 108 Å². The quantitative estimate of drug-likeness (QED) is 0.135. The molecule has 0 aliphatic carbocycles. The summed E-state index contributed by atoms with van der Waals surface area (Å²) in [6.07, 6.45) is 0. The van der Waals surface area contributed by atoms with Gasteiger partial charge in [-0.2, -0.15) is 0 Å². The van der Waals surface area contributed by atoms with Crippen molar-refractivity contribution < 1.29 is 19.2 Å². The van der Waals surface area contributed by atoms with Crippen LogP contribution >= 0.6 is 11.8 Å². The molecule has 0 saturated carbocycles. The first-order chi connectivity index (χ1) is 18.4. The van der Waals surface area contributed by atoms with Crippen LogP contribution in [-0.2, 0) is 4.79 Å². The van der Waals surface area contributed by atoms with Crippen LogP contribution in [-0.4, -0.2) is 23.3 Å². The minimum atomic E-state index is -0.515. The van der Waals surface area contributed by atoms with Crippen LogP contribution < -0.4 is 15.4 Å². The maximum absolute atomic E-state index is 13.3. The van der Waals surface area contributed by atoms with Crippen molar-refractivity contribution >= 4 is 40.6 Å². The van der Waals surface area contributed by atoms with Gasteiger partial charge in [0.25, 0.3) is 11.6 Å². The van der Waals surface area contributed by atoms with E-state index in [-0.39, 0.29) is 17.5 Å². The number of amides is 2. The summed E-state index contributed by atoms with van der Waals surface area (Å²) in [6.45, 7) is 2.48. The number of hydrogen-bond acceptors (Lipinski definition) is 6. The molecule has 0 saturated heterocycles. The van der Waals surface area contributed by atoms with Crippen LogP contribution in [0.4, 0.5) is 17.1 Å². The maximum atomic E-state index is 13.3. The Morgan fingerprint density at radius 1 is 0.842 bits per heavy atom. The van der Waals surface area contributed by atoms with E-state index in [2.05, 4.69) is 10.6 Å². The fourth-order valence-electron chi connectivity index (χ4n) is 3.60. The van der Waals surface area contributed by atoms with Gasteiger partial charge < -0.3 is 15.4 Å². The summed E-state index contributed by atoms with van der Waals surface area (Å²) >= 11 is 1.40. The lowest BCUT2D eigenvalue weighted by Gasteiger charge is -2.17. The predicted molar refractivity (Wildman–Crippen MR) is 149 cm³/mol. The van der Waals surface area contributed by atoms with Crippen molar-refractivity contribution in [1.29, 1.82) is 0 Å². The number of rotatable bonds is 10. The number of nitro benzene ring substituents is 1. The molecule has 9 heteroatoms. The minimum Gasteiger partial charge on any atom is -0.494 e. The van der Waals surface area contributed by atoms with Crippen molar-refractivity contribution in [2.45, 2.75) is 17.1 Å². The zero-order chi connectivity index (χ0) is 26.9. The van der Waals surface area contributed by atoms with Gasteiger partial charge in [-0.25, -0.2) is 0 Å². The smallest absolute Gasteiger partial charge is 0.269 e. The van der Waals surface area contributed by atoms with E-state index >= 15 is 0 Å². The molecule has 2 N–H and O–H groups in total. The molecule has 8 nitrogen and oxygen atoms in total. The van der Waals surface area contributed by atoms with Crippen molar-refractivity contribution in [3.8, 4) is 5.75 Å². The number of nitrogens with one attached hydrogen (secondary N) is 2. The van der Waals surface area contributed by atoms with E-state index in [1.165, 1.54) is 36.0 Å². The van der Waals surface area contributed by atoms with Crippen molar-refractivity contribution in [3.05, 3.63) is 124 Å². The molecule has 192 valence electrons. The summed E-state index contributed by atoms with van der Waals surface area (Å²) in [5.41, 5.74) is 2.32. The summed E-state index contributed by atoms with van der Waals surface area (Å²) in [5, 5.41) is 16.1. The highest BCUT2D eigenvalue weighted by Crippen LogP contribution is 2.37. The normalized spacial score (nSPS) is 11.3. The molecule has 1 unspecified atom stereocenters. The molecule has 1 atom stereocenters. The number of hydrogen-bond donors (Lipinski definition) is 2. The number of non-ortho nitro benzene ring substituents is 1. The topological polar surface area (TPSA) is 111 Å². The number of carbonyl (C=O) groups is 2. The van der Waals surface area contributed by atoms with Gasteiger partial charge in [0.05, 0.1) is 11.5 Å². The summed E-state index contributed by atoms with van der Waals surface area (Å²) in [5.74, 6) is 0.193. The second kappa shape index (κ2) is 12.6. The molecule has 4 aromatic carbocycles. The molecular weight excluding hydrogens is 502 g/mol. The largest absolute Gasteiger partial charge is 0.494 e. The molecule has 0 radical (unpaired) electrons. The standard InChI is InChI=1S/C29H25N3O5S/c1-2-37-25-16-10-22(11-17-25)31-29(34)27(20-6-4-3-5-7-20)38-26-18-12-23(13-19-26)30-28(33)21-8-14-24(15-9-21)32(35)36/h3-19,27H,2H2,1H3,(H,30,33)(H,31,34). The van der Waals surface area contributed by atoms with Gasteiger partial charge in [0.15, 0.2) is 0 Å². The Labute approximate surface area is 224 Å². The van der Waals surface area contributed by atoms with Crippen LogP contribution in [0.3, 0.4) is 0 Å². The van der Waals surface area contributed by atoms with E-state index < -0.39 is 10.2 Å². The molecule has 4 rings (SSSR count). The zero-order valence-electron chi connectivity index (χ0n) is 20.5. The van der Waals surface area contributed by atoms with E-state index in [9.17, 15) is 19.7 Å². The van der Waals surface area contributed by atoms with E-state index in [0.717, 1.165) is 16.2 Å². The highest BCUT2D eigenvalue weighted by atomic mass is 32.2. The first kappa shape index (κ1) is 26.4. The van der Waals surface area contributed by atoms with E-state index in [4.69, 9.17) is 4.74 Å². The fraction of sp³-hybridized carbons (Fsp3) is 0.103. The fourth-order valence-corrected chi connectivity index (χ4v) is 4.63. The van der Waals surface area contributed by atoms with Crippen LogP contribution in [0.25, 0.3) is 0 Å². The molecule has 0 heterocycles. The van der Waals surface area contributed by atoms with Gasteiger partial charge in [-0.15, -0.1) is 11.8 Å². The Kier molecular flexibility index (Phi) is 8.73. The van der Waals surface area contributed by atoms with Crippen LogP contribution in [0.2, 0.25) is 0 Å². The maximum Gasteiger partial charge on any atom is 0.269 e. The molecule has 0 aliphatic heterocycles. The monoisotopic (exact) mass is 527 g/mol. The third-order valence-corrected chi connectivity index (χ3v) is 6.75. The number of nitro groups is 1. The number of benzene rings is 4.